The molecule has 1 aromatic carbocycles. The van der Waals surface area contributed by atoms with Crippen molar-refractivity contribution in [1.29, 1.82) is 0 Å². The Kier molecular flexibility index (Phi) is 3.86. The first-order chi connectivity index (χ1) is 9.21. The predicted octanol–water partition coefficient (Wildman–Crippen LogP) is 1.14. The molecular formula is C12H15N3O4. The van der Waals surface area contributed by atoms with Crippen molar-refractivity contribution in [2.45, 2.75) is 6.04 Å². The summed E-state index contributed by atoms with van der Waals surface area (Å²) in [4.78, 5) is 3.93. The van der Waals surface area contributed by atoms with Crippen molar-refractivity contribution in [3.05, 3.63) is 29.9 Å². The van der Waals surface area contributed by atoms with Crippen LogP contribution in [-0.4, -0.2) is 31.5 Å². The van der Waals surface area contributed by atoms with Gasteiger partial charge in [0.15, 0.2) is 17.3 Å². The Labute approximate surface area is 110 Å². The van der Waals surface area contributed by atoms with Crippen molar-refractivity contribution in [1.82, 2.24) is 10.1 Å². The van der Waals surface area contributed by atoms with E-state index in [4.69, 9.17) is 19.9 Å². The maximum absolute atomic E-state index is 6.06. The Morgan fingerprint density at radius 3 is 2.16 bits per heavy atom. The van der Waals surface area contributed by atoms with Crippen molar-refractivity contribution < 1.29 is 18.7 Å². The van der Waals surface area contributed by atoms with E-state index >= 15 is 0 Å². The van der Waals surface area contributed by atoms with E-state index in [9.17, 15) is 0 Å². The second kappa shape index (κ2) is 5.57. The Hall–Kier alpha value is -2.28. The van der Waals surface area contributed by atoms with Gasteiger partial charge in [-0.05, 0) is 17.7 Å². The van der Waals surface area contributed by atoms with Crippen LogP contribution in [0.3, 0.4) is 0 Å². The van der Waals surface area contributed by atoms with Crippen molar-refractivity contribution in [2.75, 3.05) is 21.3 Å². The highest BCUT2D eigenvalue weighted by atomic mass is 16.5. The zero-order valence-corrected chi connectivity index (χ0v) is 10.9. The van der Waals surface area contributed by atoms with Crippen LogP contribution >= 0.6 is 0 Å². The third-order valence-electron chi connectivity index (χ3n) is 2.70. The molecule has 0 fully saturated rings. The van der Waals surface area contributed by atoms with Gasteiger partial charge in [-0.15, -0.1) is 0 Å². The molecule has 0 radical (unpaired) electrons. The molecule has 0 aliphatic rings. The van der Waals surface area contributed by atoms with Gasteiger partial charge in [-0.3, -0.25) is 0 Å². The van der Waals surface area contributed by atoms with Gasteiger partial charge in [-0.1, -0.05) is 5.16 Å². The Bertz CT molecular complexity index is 517. The van der Waals surface area contributed by atoms with Crippen molar-refractivity contribution >= 4 is 0 Å². The highest BCUT2D eigenvalue weighted by Crippen LogP contribution is 2.39. The number of ether oxygens (including phenoxy) is 3. The smallest absolute Gasteiger partial charge is 0.213 e. The zero-order chi connectivity index (χ0) is 13.8. The standard InChI is InChI=1S/C12H15N3O4/c1-16-8-4-7(5-9(17-2)11(8)18-3)10(13)12-14-6-19-15-12/h4-6,10H,13H2,1-3H3. The van der Waals surface area contributed by atoms with E-state index in [1.165, 1.54) is 6.39 Å². The fourth-order valence-corrected chi connectivity index (χ4v) is 1.75. The van der Waals surface area contributed by atoms with Crippen LogP contribution in [0.2, 0.25) is 0 Å². The number of nitrogens with two attached hydrogens (primary N) is 1. The zero-order valence-electron chi connectivity index (χ0n) is 10.9. The van der Waals surface area contributed by atoms with Gasteiger partial charge in [0.2, 0.25) is 12.1 Å². The van der Waals surface area contributed by atoms with Gasteiger partial charge in [0.1, 0.15) is 0 Å². The first-order valence-corrected chi connectivity index (χ1v) is 5.53. The van der Waals surface area contributed by atoms with E-state index in [0.717, 1.165) is 5.56 Å². The largest absolute Gasteiger partial charge is 0.493 e. The van der Waals surface area contributed by atoms with Crippen LogP contribution in [0.1, 0.15) is 17.4 Å². The molecule has 0 amide bonds. The van der Waals surface area contributed by atoms with Crippen molar-refractivity contribution in [2.24, 2.45) is 5.73 Å². The number of rotatable bonds is 5. The van der Waals surface area contributed by atoms with Crippen molar-refractivity contribution in [3.63, 3.8) is 0 Å². The molecule has 0 saturated carbocycles. The van der Waals surface area contributed by atoms with Gasteiger partial charge >= 0.3 is 0 Å². The van der Waals surface area contributed by atoms with E-state index in [-0.39, 0.29) is 0 Å². The summed E-state index contributed by atoms with van der Waals surface area (Å²) in [5.41, 5.74) is 6.79. The third-order valence-corrected chi connectivity index (χ3v) is 2.70. The topological polar surface area (TPSA) is 92.6 Å². The molecule has 2 aromatic rings. The lowest BCUT2D eigenvalue weighted by Gasteiger charge is -2.16. The lowest BCUT2D eigenvalue weighted by atomic mass is 10.1. The molecule has 0 saturated heterocycles. The molecule has 7 heteroatoms. The molecule has 1 unspecified atom stereocenters. The summed E-state index contributed by atoms with van der Waals surface area (Å²) < 4.78 is 20.5. The first kappa shape index (κ1) is 13.2. The highest BCUT2D eigenvalue weighted by Gasteiger charge is 2.19. The number of hydrogen-bond acceptors (Lipinski definition) is 7. The first-order valence-electron chi connectivity index (χ1n) is 5.53. The summed E-state index contributed by atoms with van der Waals surface area (Å²) in [5, 5.41) is 3.72. The molecule has 2 N–H and O–H groups in total. The van der Waals surface area contributed by atoms with E-state index in [1.54, 1.807) is 33.5 Å². The number of hydrogen-bond donors (Lipinski definition) is 1. The lowest BCUT2D eigenvalue weighted by molar-refractivity contribution is 0.323. The SMILES string of the molecule is COc1cc(C(N)c2ncon2)cc(OC)c1OC. The normalized spacial score (nSPS) is 12.0. The van der Waals surface area contributed by atoms with Gasteiger partial charge < -0.3 is 24.5 Å². The number of methoxy groups -OCH3 is 3. The summed E-state index contributed by atoms with van der Waals surface area (Å²) >= 11 is 0. The Morgan fingerprint density at radius 2 is 1.74 bits per heavy atom. The van der Waals surface area contributed by atoms with E-state index in [0.29, 0.717) is 23.1 Å². The number of nitrogens with zero attached hydrogens (tertiary/aromatic N) is 2. The van der Waals surface area contributed by atoms with Crippen LogP contribution in [0.4, 0.5) is 0 Å². The maximum Gasteiger partial charge on any atom is 0.213 e. The summed E-state index contributed by atoms with van der Waals surface area (Å²) in [5.74, 6) is 1.94. The Morgan fingerprint density at radius 1 is 1.11 bits per heavy atom. The van der Waals surface area contributed by atoms with Crippen molar-refractivity contribution in [3.8, 4) is 17.2 Å². The molecule has 0 aliphatic carbocycles. The molecule has 0 aliphatic heterocycles. The van der Waals surface area contributed by atoms with Crippen LogP contribution in [0.15, 0.2) is 23.0 Å². The van der Waals surface area contributed by atoms with Crippen LogP contribution in [-0.2, 0) is 0 Å². The molecular weight excluding hydrogens is 250 g/mol. The van der Waals surface area contributed by atoms with Crippen LogP contribution in [0.25, 0.3) is 0 Å². The fraction of sp³-hybridized carbons (Fsp3) is 0.333. The second-order valence-corrected chi connectivity index (χ2v) is 3.73. The molecule has 102 valence electrons. The predicted molar refractivity (Wildman–Crippen MR) is 66.4 cm³/mol. The Balaban J connectivity index is 2.47. The van der Waals surface area contributed by atoms with E-state index < -0.39 is 6.04 Å². The minimum Gasteiger partial charge on any atom is -0.493 e. The quantitative estimate of drug-likeness (QED) is 0.866. The molecule has 1 heterocycles. The van der Waals surface area contributed by atoms with E-state index in [1.807, 2.05) is 0 Å². The summed E-state index contributed by atoms with van der Waals surface area (Å²) in [7, 11) is 4.63. The molecule has 1 atom stereocenters. The number of benzene rings is 1. The second-order valence-electron chi connectivity index (χ2n) is 3.73. The third kappa shape index (κ3) is 2.45. The maximum atomic E-state index is 6.06. The molecule has 0 bridgehead atoms. The highest BCUT2D eigenvalue weighted by molar-refractivity contribution is 5.54. The molecule has 0 spiro atoms. The average Bonchev–Trinajstić information content (AvgIpc) is 2.98. The monoisotopic (exact) mass is 265 g/mol. The van der Waals surface area contributed by atoms with Gasteiger partial charge in [0, 0.05) is 0 Å². The van der Waals surface area contributed by atoms with Crippen LogP contribution < -0.4 is 19.9 Å². The average molecular weight is 265 g/mol. The molecule has 2 rings (SSSR count). The van der Waals surface area contributed by atoms with Crippen LogP contribution in [0.5, 0.6) is 17.2 Å². The van der Waals surface area contributed by atoms with Gasteiger partial charge in [0.05, 0.1) is 27.4 Å². The van der Waals surface area contributed by atoms with Crippen LogP contribution in [0, 0.1) is 0 Å². The minimum absolute atomic E-state index is 0.384. The van der Waals surface area contributed by atoms with Gasteiger partial charge in [0.25, 0.3) is 0 Å². The summed E-state index contributed by atoms with van der Waals surface area (Å²) in [6, 6.07) is 2.97. The summed E-state index contributed by atoms with van der Waals surface area (Å²) in [6.07, 6.45) is 1.23. The van der Waals surface area contributed by atoms with E-state index in [2.05, 4.69) is 14.7 Å². The lowest BCUT2D eigenvalue weighted by Crippen LogP contribution is -2.14. The fourth-order valence-electron chi connectivity index (χ4n) is 1.75. The minimum atomic E-state index is -0.535. The van der Waals surface area contributed by atoms with Gasteiger partial charge in [-0.25, -0.2) is 0 Å². The number of aromatic nitrogens is 2. The molecule has 19 heavy (non-hydrogen) atoms. The molecule has 7 nitrogen and oxygen atoms in total. The molecule has 1 aromatic heterocycles. The summed E-state index contributed by atoms with van der Waals surface area (Å²) in [6.45, 7) is 0. The van der Waals surface area contributed by atoms with Gasteiger partial charge in [-0.2, -0.15) is 4.98 Å².